The Kier molecular flexibility index (Phi) is 5.37. The van der Waals surface area contributed by atoms with Gasteiger partial charge in [-0.25, -0.2) is 0 Å². The Hall–Kier alpha value is -0.310. The van der Waals surface area contributed by atoms with Crippen molar-refractivity contribution in [3.8, 4) is 0 Å². The van der Waals surface area contributed by atoms with Crippen molar-refractivity contribution in [2.24, 2.45) is 0 Å². The van der Waals surface area contributed by atoms with Crippen molar-refractivity contribution in [2.45, 2.75) is 50.5 Å². The van der Waals surface area contributed by atoms with E-state index in [0.717, 1.165) is 25.7 Å². The highest BCUT2D eigenvalue weighted by atomic mass is 79.9. The molecule has 1 aliphatic rings. The summed E-state index contributed by atoms with van der Waals surface area (Å²) in [6.45, 7) is 3.73. The first-order valence-electron chi connectivity index (χ1n) is 5.61. The second-order valence-electron chi connectivity index (χ2n) is 4.18. The molecular formula is C12H19BrO2. The van der Waals surface area contributed by atoms with Crippen LogP contribution in [-0.4, -0.2) is 16.9 Å². The number of esters is 1. The molecule has 0 amide bonds. The van der Waals surface area contributed by atoms with Crippen LogP contribution in [0.1, 0.15) is 44.9 Å². The van der Waals surface area contributed by atoms with Gasteiger partial charge in [-0.05, 0) is 38.5 Å². The van der Waals surface area contributed by atoms with E-state index in [1.807, 2.05) is 6.08 Å². The summed E-state index contributed by atoms with van der Waals surface area (Å²) in [6, 6.07) is 0. The van der Waals surface area contributed by atoms with Crippen LogP contribution in [0.5, 0.6) is 0 Å². The van der Waals surface area contributed by atoms with Crippen molar-refractivity contribution in [1.29, 1.82) is 0 Å². The zero-order chi connectivity index (χ0) is 11.1. The number of carbonyl (C=O) groups excluding carboxylic acids is 1. The standard InChI is InChI=1S/C12H19BrO2/c1-2-3-7-12(15-11(14)10-13)8-5-4-6-9-12/h2H,1,3-10H2. The molecule has 15 heavy (non-hydrogen) atoms. The van der Waals surface area contributed by atoms with E-state index in [4.69, 9.17) is 4.74 Å². The number of ether oxygens (including phenoxy) is 1. The van der Waals surface area contributed by atoms with E-state index in [1.165, 1.54) is 19.3 Å². The Bertz CT molecular complexity index is 220. The Morgan fingerprint density at radius 1 is 1.40 bits per heavy atom. The quantitative estimate of drug-likeness (QED) is 0.435. The lowest BCUT2D eigenvalue weighted by Crippen LogP contribution is -2.37. The van der Waals surface area contributed by atoms with Gasteiger partial charge in [0.25, 0.3) is 0 Å². The van der Waals surface area contributed by atoms with Gasteiger partial charge in [-0.1, -0.05) is 28.4 Å². The average molecular weight is 275 g/mol. The highest BCUT2D eigenvalue weighted by molar-refractivity contribution is 9.09. The summed E-state index contributed by atoms with van der Waals surface area (Å²) in [5, 5.41) is 0.294. The largest absolute Gasteiger partial charge is 0.458 e. The van der Waals surface area contributed by atoms with Gasteiger partial charge >= 0.3 is 5.97 Å². The SMILES string of the molecule is C=CCCC1(OC(=O)CBr)CCCCC1. The summed E-state index contributed by atoms with van der Waals surface area (Å²) in [5.74, 6) is -0.138. The predicted molar refractivity (Wildman–Crippen MR) is 65.1 cm³/mol. The molecule has 0 spiro atoms. The number of alkyl halides is 1. The summed E-state index contributed by atoms with van der Waals surface area (Å²) in [6.07, 6.45) is 9.39. The van der Waals surface area contributed by atoms with Crippen LogP contribution in [0.25, 0.3) is 0 Å². The molecule has 0 heterocycles. The van der Waals surface area contributed by atoms with Gasteiger partial charge in [0, 0.05) is 0 Å². The Balaban J connectivity index is 2.57. The van der Waals surface area contributed by atoms with E-state index in [2.05, 4.69) is 22.5 Å². The molecule has 0 saturated heterocycles. The van der Waals surface area contributed by atoms with Gasteiger partial charge < -0.3 is 4.74 Å². The minimum Gasteiger partial charge on any atom is -0.458 e. The second kappa shape index (κ2) is 6.31. The normalized spacial score (nSPS) is 19.5. The summed E-state index contributed by atoms with van der Waals surface area (Å²) >= 11 is 3.14. The lowest BCUT2D eigenvalue weighted by molar-refractivity contribution is -0.160. The van der Waals surface area contributed by atoms with Gasteiger partial charge in [0.1, 0.15) is 10.9 Å². The first-order chi connectivity index (χ1) is 7.22. The van der Waals surface area contributed by atoms with Crippen LogP contribution in [0.15, 0.2) is 12.7 Å². The van der Waals surface area contributed by atoms with Gasteiger partial charge in [-0.2, -0.15) is 0 Å². The molecule has 0 aromatic heterocycles. The zero-order valence-electron chi connectivity index (χ0n) is 9.14. The molecule has 0 aliphatic heterocycles. The second-order valence-corrected chi connectivity index (χ2v) is 4.74. The number of allylic oxidation sites excluding steroid dienone is 1. The first-order valence-corrected chi connectivity index (χ1v) is 6.73. The van der Waals surface area contributed by atoms with Crippen molar-refractivity contribution in [3.05, 3.63) is 12.7 Å². The minimum atomic E-state index is -0.197. The molecule has 0 aromatic rings. The summed E-state index contributed by atoms with van der Waals surface area (Å²) in [4.78, 5) is 11.4. The van der Waals surface area contributed by atoms with Crippen LogP contribution in [0.2, 0.25) is 0 Å². The fourth-order valence-electron chi connectivity index (χ4n) is 2.23. The first kappa shape index (κ1) is 12.8. The number of carbonyl (C=O) groups is 1. The Morgan fingerprint density at radius 2 is 2.07 bits per heavy atom. The van der Waals surface area contributed by atoms with Crippen LogP contribution in [0.3, 0.4) is 0 Å². The van der Waals surface area contributed by atoms with Crippen LogP contribution in [0.4, 0.5) is 0 Å². The predicted octanol–water partition coefficient (Wildman–Crippen LogP) is 3.59. The number of hydrogen-bond acceptors (Lipinski definition) is 2. The maximum Gasteiger partial charge on any atom is 0.317 e. The van der Waals surface area contributed by atoms with Crippen molar-refractivity contribution >= 4 is 21.9 Å². The maximum atomic E-state index is 11.4. The monoisotopic (exact) mass is 274 g/mol. The van der Waals surface area contributed by atoms with Crippen molar-refractivity contribution in [2.75, 3.05) is 5.33 Å². The molecule has 86 valence electrons. The van der Waals surface area contributed by atoms with E-state index in [0.29, 0.717) is 5.33 Å². The summed E-state index contributed by atoms with van der Waals surface area (Å²) < 4.78 is 5.60. The molecule has 3 heteroatoms. The van der Waals surface area contributed by atoms with Gasteiger partial charge in [0.15, 0.2) is 0 Å². The van der Waals surface area contributed by atoms with Gasteiger partial charge in [0.05, 0.1) is 0 Å². The molecule has 0 aromatic carbocycles. The Morgan fingerprint density at radius 3 is 2.60 bits per heavy atom. The van der Waals surface area contributed by atoms with Gasteiger partial charge in [-0.3, -0.25) is 4.79 Å². The maximum absolute atomic E-state index is 11.4. The third-order valence-corrected chi connectivity index (χ3v) is 3.47. The molecule has 0 N–H and O–H groups in total. The third kappa shape index (κ3) is 3.98. The minimum absolute atomic E-state index is 0.138. The zero-order valence-corrected chi connectivity index (χ0v) is 10.7. The van der Waals surface area contributed by atoms with E-state index < -0.39 is 0 Å². The van der Waals surface area contributed by atoms with Crippen LogP contribution < -0.4 is 0 Å². The van der Waals surface area contributed by atoms with Crippen molar-refractivity contribution in [3.63, 3.8) is 0 Å². The molecular weight excluding hydrogens is 256 g/mol. The van der Waals surface area contributed by atoms with Crippen LogP contribution >= 0.6 is 15.9 Å². The highest BCUT2D eigenvalue weighted by Gasteiger charge is 2.34. The third-order valence-electron chi connectivity index (χ3n) is 3.01. The average Bonchev–Trinajstić information content (AvgIpc) is 2.27. The number of rotatable bonds is 5. The molecule has 0 bridgehead atoms. The molecule has 1 fully saturated rings. The van der Waals surface area contributed by atoms with E-state index in [1.54, 1.807) is 0 Å². The summed E-state index contributed by atoms with van der Waals surface area (Å²) in [5.41, 5.74) is -0.197. The topological polar surface area (TPSA) is 26.3 Å². The van der Waals surface area contributed by atoms with Gasteiger partial charge in [0.2, 0.25) is 0 Å². The van der Waals surface area contributed by atoms with E-state index >= 15 is 0 Å². The molecule has 1 rings (SSSR count). The Labute approximate surface area is 100 Å². The van der Waals surface area contributed by atoms with Crippen LogP contribution in [-0.2, 0) is 9.53 Å². The highest BCUT2D eigenvalue weighted by Crippen LogP contribution is 2.35. The number of hydrogen-bond donors (Lipinski definition) is 0. The van der Waals surface area contributed by atoms with Crippen molar-refractivity contribution in [1.82, 2.24) is 0 Å². The molecule has 1 saturated carbocycles. The molecule has 0 atom stereocenters. The molecule has 1 aliphatic carbocycles. The lowest BCUT2D eigenvalue weighted by Gasteiger charge is -2.36. The van der Waals surface area contributed by atoms with E-state index in [9.17, 15) is 4.79 Å². The number of halogens is 1. The smallest absolute Gasteiger partial charge is 0.317 e. The van der Waals surface area contributed by atoms with E-state index in [-0.39, 0.29) is 11.6 Å². The fraction of sp³-hybridized carbons (Fsp3) is 0.750. The van der Waals surface area contributed by atoms with Crippen LogP contribution in [0, 0.1) is 0 Å². The van der Waals surface area contributed by atoms with Gasteiger partial charge in [-0.15, -0.1) is 6.58 Å². The molecule has 0 radical (unpaired) electrons. The van der Waals surface area contributed by atoms with Crippen molar-refractivity contribution < 1.29 is 9.53 Å². The lowest BCUT2D eigenvalue weighted by atomic mass is 9.81. The molecule has 0 unspecified atom stereocenters. The molecule has 2 nitrogen and oxygen atoms in total. The fourth-order valence-corrected chi connectivity index (χ4v) is 2.35. The summed E-state index contributed by atoms with van der Waals surface area (Å²) in [7, 11) is 0.